The first-order valence-corrected chi connectivity index (χ1v) is 11.9. The molecule has 0 saturated heterocycles. The first kappa shape index (κ1) is 25.1. The van der Waals surface area contributed by atoms with E-state index in [4.69, 9.17) is 18.9 Å². The normalized spacial score (nSPS) is 15.2. The van der Waals surface area contributed by atoms with E-state index in [9.17, 15) is 14.7 Å². The van der Waals surface area contributed by atoms with Gasteiger partial charge in [0.1, 0.15) is 0 Å². The van der Waals surface area contributed by atoms with E-state index in [1.165, 1.54) is 43.3 Å². The number of rotatable bonds is 7. The molecule has 1 N–H and O–H groups in total. The number of aromatic nitrogens is 1. The third-order valence-corrected chi connectivity index (χ3v) is 6.72. The highest BCUT2D eigenvalue weighted by atomic mass is 32.1. The Kier molecular flexibility index (Phi) is 7.16. The minimum atomic E-state index is -0.781. The third-order valence-electron chi connectivity index (χ3n) is 5.74. The molecule has 1 aliphatic heterocycles. The van der Waals surface area contributed by atoms with Crippen LogP contribution in [0.2, 0.25) is 0 Å². The van der Waals surface area contributed by atoms with Crippen LogP contribution >= 0.6 is 11.3 Å². The van der Waals surface area contributed by atoms with Crippen molar-refractivity contribution in [3.05, 3.63) is 78.5 Å². The molecule has 1 aliphatic rings. The number of fused-ring (bicyclic) bond motifs is 1. The molecule has 36 heavy (non-hydrogen) atoms. The lowest BCUT2D eigenvalue weighted by atomic mass is 9.95. The van der Waals surface area contributed by atoms with Crippen LogP contribution in [-0.4, -0.2) is 43.6 Å². The summed E-state index contributed by atoms with van der Waals surface area (Å²) in [6.07, 6.45) is 1.70. The van der Waals surface area contributed by atoms with Crippen LogP contribution in [0, 0.1) is 0 Å². The molecule has 0 spiro atoms. The average Bonchev–Trinajstić information content (AvgIpc) is 3.18. The number of allylic oxidation sites excluding steroid dienone is 1. The molecule has 9 nitrogen and oxygen atoms in total. The lowest BCUT2D eigenvalue weighted by Gasteiger charge is -2.25. The first-order valence-electron chi connectivity index (χ1n) is 11.1. The van der Waals surface area contributed by atoms with E-state index in [1.807, 2.05) is 0 Å². The van der Waals surface area contributed by atoms with Crippen molar-refractivity contribution in [3.63, 3.8) is 0 Å². The van der Waals surface area contributed by atoms with Gasteiger partial charge in [-0.2, -0.15) is 0 Å². The number of hydrogen-bond acceptors (Lipinski definition) is 9. The number of phenols is 1. The molecule has 0 radical (unpaired) electrons. The Hall–Kier alpha value is -4.05. The van der Waals surface area contributed by atoms with Gasteiger partial charge in [-0.1, -0.05) is 23.5 Å². The zero-order chi connectivity index (χ0) is 26.0. The van der Waals surface area contributed by atoms with Crippen LogP contribution in [0.4, 0.5) is 0 Å². The Morgan fingerprint density at radius 3 is 2.47 bits per heavy atom. The number of carbonyl (C=O) groups is 1. The monoisotopic (exact) mass is 510 g/mol. The van der Waals surface area contributed by atoms with Gasteiger partial charge in [-0.25, -0.2) is 9.79 Å². The SMILES string of the molecule is CCOC(=O)C1=C(C)N=c2sc(=Cc3ccc(O)c(OC)c3)c(=O)n2C1c1ccc(OC)c(OC)c1. The molecule has 2 aromatic carbocycles. The topological polar surface area (TPSA) is 109 Å². The Labute approximate surface area is 211 Å². The number of nitrogens with zero attached hydrogens (tertiary/aromatic N) is 2. The summed E-state index contributed by atoms with van der Waals surface area (Å²) < 4.78 is 23.2. The molecule has 1 aromatic heterocycles. The summed E-state index contributed by atoms with van der Waals surface area (Å²) >= 11 is 1.20. The van der Waals surface area contributed by atoms with Gasteiger partial charge in [-0.05, 0) is 55.3 Å². The molecule has 1 unspecified atom stereocenters. The fourth-order valence-electron chi connectivity index (χ4n) is 4.07. The summed E-state index contributed by atoms with van der Waals surface area (Å²) in [6, 6.07) is 9.28. The van der Waals surface area contributed by atoms with Crippen LogP contribution in [0.5, 0.6) is 23.0 Å². The average molecular weight is 511 g/mol. The predicted octanol–water partition coefficient (Wildman–Crippen LogP) is 2.53. The van der Waals surface area contributed by atoms with Gasteiger partial charge in [0, 0.05) is 0 Å². The minimum absolute atomic E-state index is 0.000679. The van der Waals surface area contributed by atoms with Crippen molar-refractivity contribution in [1.82, 2.24) is 4.57 Å². The van der Waals surface area contributed by atoms with Gasteiger partial charge in [-0.15, -0.1) is 0 Å². The van der Waals surface area contributed by atoms with Crippen LogP contribution in [-0.2, 0) is 9.53 Å². The lowest BCUT2D eigenvalue weighted by molar-refractivity contribution is -0.139. The highest BCUT2D eigenvalue weighted by Crippen LogP contribution is 2.36. The van der Waals surface area contributed by atoms with E-state index in [0.29, 0.717) is 43.4 Å². The van der Waals surface area contributed by atoms with Gasteiger partial charge in [0.25, 0.3) is 5.56 Å². The number of hydrogen-bond donors (Lipinski definition) is 1. The molecular weight excluding hydrogens is 484 g/mol. The maximum absolute atomic E-state index is 13.7. The molecule has 0 bridgehead atoms. The Bertz CT molecular complexity index is 1530. The van der Waals surface area contributed by atoms with Crippen LogP contribution < -0.4 is 29.1 Å². The van der Waals surface area contributed by atoms with Gasteiger partial charge >= 0.3 is 5.97 Å². The zero-order valence-corrected chi connectivity index (χ0v) is 21.3. The number of benzene rings is 2. The van der Waals surface area contributed by atoms with Crippen molar-refractivity contribution in [2.24, 2.45) is 4.99 Å². The van der Waals surface area contributed by atoms with E-state index in [-0.39, 0.29) is 23.5 Å². The molecule has 4 rings (SSSR count). The number of carbonyl (C=O) groups excluding carboxylic acids is 1. The van der Waals surface area contributed by atoms with Gasteiger partial charge < -0.3 is 24.1 Å². The molecule has 0 saturated carbocycles. The number of thiazole rings is 1. The highest BCUT2D eigenvalue weighted by Gasteiger charge is 2.33. The van der Waals surface area contributed by atoms with Crippen LogP contribution in [0.15, 0.2) is 57.5 Å². The smallest absolute Gasteiger partial charge is 0.338 e. The lowest BCUT2D eigenvalue weighted by Crippen LogP contribution is -2.39. The maximum Gasteiger partial charge on any atom is 0.338 e. The van der Waals surface area contributed by atoms with E-state index in [1.54, 1.807) is 50.3 Å². The third kappa shape index (κ3) is 4.47. The number of aromatic hydroxyl groups is 1. The molecule has 1 atom stereocenters. The standard InChI is InChI=1S/C26H26N2O7S/c1-6-35-25(31)22-14(2)27-26-28(23(22)16-8-10-18(32-3)20(13-16)34-5)24(30)21(36-26)12-15-7-9-17(29)19(11-15)33-4/h7-13,23,29H,6H2,1-5H3. The van der Waals surface area contributed by atoms with Gasteiger partial charge in [0.15, 0.2) is 27.8 Å². The number of methoxy groups -OCH3 is 3. The molecule has 0 fully saturated rings. The molecular formula is C26H26N2O7S. The van der Waals surface area contributed by atoms with E-state index < -0.39 is 12.0 Å². The second-order valence-corrected chi connectivity index (χ2v) is 8.86. The van der Waals surface area contributed by atoms with E-state index in [0.717, 1.165) is 0 Å². The van der Waals surface area contributed by atoms with Crippen molar-refractivity contribution in [1.29, 1.82) is 0 Å². The van der Waals surface area contributed by atoms with Gasteiger partial charge in [-0.3, -0.25) is 9.36 Å². The molecule has 0 amide bonds. The Morgan fingerprint density at radius 2 is 1.81 bits per heavy atom. The Morgan fingerprint density at radius 1 is 1.08 bits per heavy atom. The number of ether oxygens (including phenoxy) is 4. The fourth-order valence-corrected chi connectivity index (χ4v) is 5.11. The Balaban J connectivity index is 1.96. The van der Waals surface area contributed by atoms with E-state index in [2.05, 4.69) is 4.99 Å². The zero-order valence-electron chi connectivity index (χ0n) is 20.5. The highest BCUT2D eigenvalue weighted by molar-refractivity contribution is 7.07. The van der Waals surface area contributed by atoms with Crippen LogP contribution in [0.25, 0.3) is 6.08 Å². The largest absolute Gasteiger partial charge is 0.504 e. The predicted molar refractivity (Wildman–Crippen MR) is 135 cm³/mol. The maximum atomic E-state index is 13.7. The van der Waals surface area contributed by atoms with Crippen molar-refractivity contribution in [3.8, 4) is 23.0 Å². The van der Waals surface area contributed by atoms with E-state index >= 15 is 0 Å². The molecule has 188 valence electrons. The summed E-state index contributed by atoms with van der Waals surface area (Å²) in [5.74, 6) is 0.732. The van der Waals surface area contributed by atoms with Crippen molar-refractivity contribution in [2.75, 3.05) is 27.9 Å². The fraction of sp³-hybridized carbons (Fsp3) is 0.269. The first-order chi connectivity index (χ1) is 17.3. The summed E-state index contributed by atoms with van der Waals surface area (Å²) in [5.41, 5.74) is 1.73. The van der Waals surface area contributed by atoms with Gasteiger partial charge in [0.05, 0.1) is 49.8 Å². The second-order valence-electron chi connectivity index (χ2n) is 7.85. The van der Waals surface area contributed by atoms with Crippen molar-refractivity contribution in [2.45, 2.75) is 19.9 Å². The summed E-state index contributed by atoms with van der Waals surface area (Å²) in [5, 5.41) is 9.90. The quantitative estimate of drug-likeness (QED) is 0.487. The summed E-state index contributed by atoms with van der Waals surface area (Å²) in [4.78, 5) is 31.8. The second kappa shape index (κ2) is 10.3. The molecule has 3 aromatic rings. The number of phenolic OH excluding ortho intramolecular Hbond substituents is 1. The van der Waals surface area contributed by atoms with Crippen LogP contribution in [0.3, 0.4) is 0 Å². The summed E-state index contributed by atoms with van der Waals surface area (Å²) in [7, 11) is 4.51. The molecule has 10 heteroatoms. The van der Waals surface area contributed by atoms with Crippen molar-refractivity contribution < 1.29 is 28.8 Å². The van der Waals surface area contributed by atoms with Crippen molar-refractivity contribution >= 4 is 23.4 Å². The van der Waals surface area contributed by atoms with Crippen LogP contribution in [0.1, 0.15) is 31.0 Å². The minimum Gasteiger partial charge on any atom is -0.504 e. The molecule has 2 heterocycles. The summed E-state index contributed by atoms with van der Waals surface area (Å²) in [6.45, 7) is 3.63. The number of esters is 1. The van der Waals surface area contributed by atoms with Gasteiger partial charge in [0.2, 0.25) is 0 Å². The molecule has 0 aliphatic carbocycles.